The molecule has 0 aromatic carbocycles. The maximum Gasteiger partial charge on any atom is 0.412 e. The molecule has 0 unspecified atom stereocenters. The highest BCUT2D eigenvalue weighted by atomic mass is 19.4. The standard InChI is InChI=1S/C5H4F3NO2/c1-3(5(6,7)8)2-4(10)9-11/h2H,1H3/b3-2-. The lowest BCUT2D eigenvalue weighted by atomic mass is 10.3. The van der Waals surface area contributed by atoms with Crippen LogP contribution in [0.25, 0.3) is 0 Å². The van der Waals surface area contributed by atoms with E-state index >= 15 is 0 Å². The van der Waals surface area contributed by atoms with E-state index in [4.69, 9.17) is 0 Å². The molecule has 0 spiro atoms. The third kappa shape index (κ3) is 3.49. The van der Waals surface area contributed by atoms with Crippen LogP contribution in [0.1, 0.15) is 6.92 Å². The molecule has 0 saturated heterocycles. The second kappa shape index (κ2) is 3.27. The van der Waals surface area contributed by atoms with Crippen LogP contribution in [0.5, 0.6) is 0 Å². The molecule has 0 N–H and O–H groups in total. The monoisotopic (exact) mass is 167 g/mol. The second-order valence-corrected chi connectivity index (χ2v) is 1.75. The van der Waals surface area contributed by atoms with Gasteiger partial charge in [0.25, 0.3) is 0 Å². The maximum atomic E-state index is 11.6. The average Bonchev–Trinajstić information content (AvgIpc) is 1.85. The molecule has 0 aliphatic carbocycles. The van der Waals surface area contributed by atoms with Crippen molar-refractivity contribution in [3.05, 3.63) is 16.6 Å². The van der Waals surface area contributed by atoms with E-state index in [0.29, 0.717) is 6.92 Å². The van der Waals surface area contributed by atoms with Crippen LogP contribution in [0.15, 0.2) is 16.8 Å². The first-order chi connectivity index (χ1) is 4.88. The molecule has 0 aliphatic heterocycles. The fraction of sp³-hybridized carbons (Fsp3) is 0.400. The number of nitroso groups, excluding NO2 is 1. The van der Waals surface area contributed by atoms with Gasteiger partial charge in [0.05, 0.1) is 0 Å². The van der Waals surface area contributed by atoms with Crippen molar-refractivity contribution in [1.29, 1.82) is 0 Å². The molecule has 0 rings (SSSR count). The third-order valence-electron chi connectivity index (χ3n) is 0.877. The van der Waals surface area contributed by atoms with E-state index in [1.165, 1.54) is 0 Å². The SMILES string of the molecule is C/C(=C/C(=O)N=O)C(F)(F)F. The lowest BCUT2D eigenvalue weighted by Crippen LogP contribution is -2.10. The summed E-state index contributed by atoms with van der Waals surface area (Å²) in [6.45, 7) is 0.684. The molecule has 0 heterocycles. The zero-order valence-corrected chi connectivity index (χ0v) is 5.47. The van der Waals surface area contributed by atoms with Crippen molar-refractivity contribution in [2.24, 2.45) is 5.18 Å². The summed E-state index contributed by atoms with van der Waals surface area (Å²) < 4.78 is 34.7. The minimum atomic E-state index is -4.57. The summed E-state index contributed by atoms with van der Waals surface area (Å²) in [4.78, 5) is 19.4. The Kier molecular flexibility index (Phi) is 2.91. The van der Waals surface area contributed by atoms with Crippen LogP contribution in [0.4, 0.5) is 13.2 Å². The molecular weight excluding hydrogens is 163 g/mol. The molecule has 0 bridgehead atoms. The van der Waals surface area contributed by atoms with Gasteiger partial charge in [-0.15, -0.1) is 4.91 Å². The van der Waals surface area contributed by atoms with Crippen LogP contribution < -0.4 is 0 Å². The van der Waals surface area contributed by atoms with Crippen LogP contribution in [0.2, 0.25) is 0 Å². The molecule has 0 aromatic rings. The quantitative estimate of drug-likeness (QED) is 0.441. The van der Waals surface area contributed by atoms with Crippen molar-refractivity contribution in [3.8, 4) is 0 Å². The third-order valence-corrected chi connectivity index (χ3v) is 0.877. The number of hydrogen-bond acceptors (Lipinski definition) is 2. The summed E-state index contributed by atoms with van der Waals surface area (Å²) in [5.41, 5.74) is -1.14. The normalized spacial score (nSPS) is 12.9. The van der Waals surface area contributed by atoms with Gasteiger partial charge in [-0.3, -0.25) is 4.79 Å². The molecule has 1 amide bonds. The van der Waals surface area contributed by atoms with Crippen LogP contribution in [0, 0.1) is 4.91 Å². The predicted octanol–water partition coefficient (Wildman–Crippen LogP) is 1.79. The number of halogens is 3. The van der Waals surface area contributed by atoms with E-state index in [1.54, 1.807) is 5.18 Å². The molecule has 0 fully saturated rings. The number of allylic oxidation sites excluding steroid dienone is 1. The summed E-state index contributed by atoms with van der Waals surface area (Å²) in [7, 11) is 0. The van der Waals surface area contributed by atoms with Gasteiger partial charge >= 0.3 is 12.1 Å². The Morgan fingerprint density at radius 1 is 1.45 bits per heavy atom. The molecule has 62 valence electrons. The lowest BCUT2D eigenvalue weighted by Gasteiger charge is -2.03. The summed E-state index contributed by atoms with van der Waals surface area (Å²) in [6.07, 6.45) is -4.42. The van der Waals surface area contributed by atoms with Gasteiger partial charge in [0, 0.05) is 16.8 Å². The zero-order chi connectivity index (χ0) is 9.07. The Bertz CT molecular complexity index is 206. The molecule has 11 heavy (non-hydrogen) atoms. The van der Waals surface area contributed by atoms with Crippen molar-refractivity contribution in [2.75, 3.05) is 0 Å². The van der Waals surface area contributed by atoms with Crippen LogP contribution in [-0.2, 0) is 4.79 Å². The highest BCUT2D eigenvalue weighted by Crippen LogP contribution is 2.24. The number of amides is 1. The average molecular weight is 167 g/mol. The fourth-order valence-corrected chi connectivity index (χ4v) is 0.293. The second-order valence-electron chi connectivity index (χ2n) is 1.75. The van der Waals surface area contributed by atoms with Gasteiger partial charge in [-0.2, -0.15) is 13.2 Å². The maximum absolute atomic E-state index is 11.6. The smallest absolute Gasteiger partial charge is 0.264 e. The first kappa shape index (κ1) is 9.80. The summed E-state index contributed by atoms with van der Waals surface area (Å²) in [5, 5.41) is 1.78. The van der Waals surface area contributed by atoms with Gasteiger partial charge in [0.1, 0.15) is 0 Å². The van der Waals surface area contributed by atoms with Gasteiger partial charge in [-0.25, -0.2) is 0 Å². The van der Waals surface area contributed by atoms with E-state index in [-0.39, 0.29) is 6.08 Å². The first-order valence-corrected chi connectivity index (χ1v) is 2.50. The fourth-order valence-electron chi connectivity index (χ4n) is 0.293. The lowest BCUT2D eigenvalue weighted by molar-refractivity contribution is -0.115. The minimum absolute atomic E-state index is 0.146. The van der Waals surface area contributed by atoms with Crippen molar-refractivity contribution in [3.63, 3.8) is 0 Å². The number of carbonyl (C=O) groups is 1. The molecule has 3 nitrogen and oxygen atoms in total. The first-order valence-electron chi connectivity index (χ1n) is 2.50. The number of hydrogen-bond donors (Lipinski definition) is 0. The van der Waals surface area contributed by atoms with Gasteiger partial charge in [-0.1, -0.05) is 0 Å². The molecule has 0 radical (unpaired) electrons. The summed E-state index contributed by atoms with van der Waals surface area (Å²) in [6, 6.07) is 0. The Morgan fingerprint density at radius 2 is 1.91 bits per heavy atom. The molecule has 6 heteroatoms. The Morgan fingerprint density at radius 3 is 2.18 bits per heavy atom. The number of rotatable bonds is 1. The molecular formula is C5H4F3NO2. The Balaban J connectivity index is 4.47. The van der Waals surface area contributed by atoms with Crippen molar-refractivity contribution < 1.29 is 18.0 Å². The topological polar surface area (TPSA) is 46.5 Å². The highest BCUT2D eigenvalue weighted by Gasteiger charge is 2.30. The minimum Gasteiger partial charge on any atom is -0.264 e. The number of carbonyl (C=O) groups excluding carboxylic acids is 1. The number of alkyl halides is 3. The summed E-state index contributed by atoms with van der Waals surface area (Å²) in [5.74, 6) is -1.43. The molecule has 0 saturated carbocycles. The van der Waals surface area contributed by atoms with Gasteiger partial charge in [0.15, 0.2) is 0 Å². The van der Waals surface area contributed by atoms with Crippen molar-refractivity contribution >= 4 is 5.91 Å². The highest BCUT2D eigenvalue weighted by molar-refractivity contribution is 5.88. The van der Waals surface area contributed by atoms with Gasteiger partial charge in [-0.05, 0) is 6.92 Å². The van der Waals surface area contributed by atoms with E-state index < -0.39 is 17.7 Å². The largest absolute Gasteiger partial charge is 0.412 e. The van der Waals surface area contributed by atoms with Gasteiger partial charge in [0.2, 0.25) is 0 Å². The Hall–Kier alpha value is -1.20. The van der Waals surface area contributed by atoms with E-state index in [9.17, 15) is 22.9 Å². The van der Waals surface area contributed by atoms with Gasteiger partial charge < -0.3 is 0 Å². The van der Waals surface area contributed by atoms with Crippen LogP contribution in [-0.4, -0.2) is 12.1 Å². The predicted molar refractivity (Wildman–Crippen MR) is 30.6 cm³/mol. The van der Waals surface area contributed by atoms with E-state index in [2.05, 4.69) is 0 Å². The van der Waals surface area contributed by atoms with Crippen molar-refractivity contribution in [1.82, 2.24) is 0 Å². The van der Waals surface area contributed by atoms with E-state index in [0.717, 1.165) is 0 Å². The molecule has 0 aromatic heterocycles. The van der Waals surface area contributed by atoms with Crippen molar-refractivity contribution in [2.45, 2.75) is 13.1 Å². The zero-order valence-electron chi connectivity index (χ0n) is 5.47. The molecule has 0 aliphatic rings. The van der Waals surface area contributed by atoms with Crippen LogP contribution in [0.3, 0.4) is 0 Å². The number of nitrogens with zero attached hydrogens (tertiary/aromatic N) is 1. The summed E-state index contributed by atoms with van der Waals surface area (Å²) >= 11 is 0. The molecule has 0 atom stereocenters. The van der Waals surface area contributed by atoms with E-state index in [1.807, 2.05) is 0 Å². The Labute approximate surface area is 59.9 Å². The van der Waals surface area contributed by atoms with Crippen LogP contribution >= 0.6 is 0 Å².